The van der Waals surface area contributed by atoms with E-state index in [2.05, 4.69) is 76.7 Å². The monoisotopic (exact) mass is 662 g/mol. The molecule has 2 aromatic rings. The zero-order valence-electron chi connectivity index (χ0n) is 28.6. The summed E-state index contributed by atoms with van der Waals surface area (Å²) >= 11 is 0. The Hall–Kier alpha value is -2.95. The standard InChI is InChI=1S/C40H46N4O5/c1-4-35-19-25-30-37(5-2,49-40(25)39(24-11-7-9-13-27(24)42-40)15-16-43(33(35)39)20-28-31(35)48-28)21-36-18-22(32(45)47-3)29-38(34(36)46,14-17-44(30)36)23-10-6-8-12-26(23)41-29/h6-13,25,28,30-31,33-34,41-42,46H,4-5,14-21H2,1-3H3/t25-,28+,30-,31+,33-,34-,35-,36-,37-,38+,39+,40+/m0/s1. The van der Waals surface area contributed by atoms with Crippen molar-refractivity contribution in [2.75, 3.05) is 37.4 Å². The van der Waals surface area contributed by atoms with Gasteiger partial charge < -0.3 is 30.0 Å². The van der Waals surface area contributed by atoms with Crippen LogP contribution in [0.4, 0.5) is 11.4 Å². The predicted octanol–water partition coefficient (Wildman–Crippen LogP) is 4.27. The van der Waals surface area contributed by atoms with Crippen molar-refractivity contribution in [3.63, 3.8) is 0 Å². The molecule has 10 aliphatic rings. The lowest BCUT2D eigenvalue weighted by atomic mass is 9.47. The van der Waals surface area contributed by atoms with E-state index in [1.165, 1.54) is 18.4 Å². The van der Waals surface area contributed by atoms with Crippen LogP contribution >= 0.6 is 0 Å². The average molecular weight is 663 g/mol. The summed E-state index contributed by atoms with van der Waals surface area (Å²) in [6, 6.07) is 17.8. The van der Waals surface area contributed by atoms with Crippen molar-refractivity contribution in [3.8, 4) is 0 Å². The van der Waals surface area contributed by atoms with Crippen molar-refractivity contribution < 1.29 is 24.1 Å². The van der Waals surface area contributed by atoms with Crippen LogP contribution in [0.3, 0.4) is 0 Å². The number of anilines is 2. The first-order chi connectivity index (χ1) is 23.8. The molecular formula is C40H46N4O5. The third-order valence-corrected chi connectivity index (χ3v) is 16.4. The van der Waals surface area contributed by atoms with Gasteiger partial charge in [-0.3, -0.25) is 9.80 Å². The number of carbonyl (C=O) groups excluding carboxylic acids is 1. The van der Waals surface area contributed by atoms with Gasteiger partial charge in [0.2, 0.25) is 0 Å². The topological polar surface area (TPSA) is 98.8 Å². The van der Waals surface area contributed by atoms with Crippen LogP contribution in [-0.2, 0) is 29.8 Å². The maximum atomic E-state index is 13.8. The average Bonchev–Trinajstić information content (AvgIpc) is 3.34. The summed E-state index contributed by atoms with van der Waals surface area (Å²) in [7, 11) is 1.48. The number of piperidine rings is 2. The molecule has 6 saturated heterocycles. The molecule has 1 saturated carbocycles. The fourth-order valence-corrected chi connectivity index (χ4v) is 15.0. The normalized spacial score (nSPS) is 50.0. The van der Waals surface area contributed by atoms with Crippen LogP contribution in [0, 0.1) is 11.3 Å². The van der Waals surface area contributed by atoms with Crippen LogP contribution < -0.4 is 10.6 Å². The number of rotatable bonds is 3. The number of hydrogen-bond acceptors (Lipinski definition) is 9. The first kappa shape index (κ1) is 28.7. The van der Waals surface area contributed by atoms with Gasteiger partial charge in [0.1, 0.15) is 0 Å². The van der Waals surface area contributed by atoms with E-state index in [0.29, 0.717) is 30.6 Å². The second-order valence-electron chi connectivity index (χ2n) is 17.3. The molecule has 7 fully saturated rings. The van der Waals surface area contributed by atoms with E-state index < -0.39 is 28.4 Å². The largest absolute Gasteiger partial charge is 0.466 e. The predicted molar refractivity (Wildman–Crippen MR) is 182 cm³/mol. The number of epoxide rings is 1. The number of benzene rings is 2. The highest BCUT2D eigenvalue weighted by molar-refractivity contribution is 5.93. The summed E-state index contributed by atoms with van der Waals surface area (Å²) in [5.74, 6) is -0.115. The molecule has 2 bridgehead atoms. The Balaban J connectivity index is 1.07. The molecule has 4 spiro atoms. The minimum atomic E-state index is -0.700. The molecule has 49 heavy (non-hydrogen) atoms. The van der Waals surface area contributed by atoms with Crippen LogP contribution in [0.2, 0.25) is 0 Å². The van der Waals surface area contributed by atoms with Gasteiger partial charge in [-0.1, -0.05) is 50.2 Å². The highest BCUT2D eigenvalue weighted by Crippen LogP contribution is 2.78. The highest BCUT2D eigenvalue weighted by Gasteiger charge is 2.87. The Morgan fingerprint density at radius 2 is 1.84 bits per heavy atom. The zero-order chi connectivity index (χ0) is 32.9. The van der Waals surface area contributed by atoms with Gasteiger partial charge in [-0.15, -0.1) is 0 Å². The van der Waals surface area contributed by atoms with Crippen LogP contribution in [0.25, 0.3) is 0 Å². The molecule has 9 heteroatoms. The molecule has 0 unspecified atom stereocenters. The Morgan fingerprint density at radius 1 is 1.04 bits per heavy atom. The Bertz CT molecular complexity index is 1920. The second kappa shape index (κ2) is 8.56. The van der Waals surface area contributed by atoms with Crippen LogP contribution in [0.15, 0.2) is 59.8 Å². The van der Waals surface area contributed by atoms with Gasteiger partial charge in [0, 0.05) is 60.0 Å². The van der Waals surface area contributed by atoms with Gasteiger partial charge in [0.05, 0.1) is 53.0 Å². The maximum Gasteiger partial charge on any atom is 0.335 e. The number of ether oxygens (including phenoxy) is 3. The lowest BCUT2D eigenvalue weighted by molar-refractivity contribution is -0.194. The number of methoxy groups -OCH3 is 1. The quantitative estimate of drug-likeness (QED) is 0.329. The van der Waals surface area contributed by atoms with E-state index >= 15 is 0 Å². The third-order valence-electron chi connectivity index (χ3n) is 16.4. The first-order valence-corrected chi connectivity index (χ1v) is 18.9. The molecule has 256 valence electrons. The highest BCUT2D eigenvalue weighted by atomic mass is 16.6. The molecular weight excluding hydrogens is 616 g/mol. The minimum absolute atomic E-state index is 0.0242. The molecule has 8 aliphatic heterocycles. The van der Waals surface area contributed by atoms with E-state index in [9.17, 15) is 9.90 Å². The Labute approximate surface area is 287 Å². The number of aliphatic hydroxyl groups excluding tert-OH is 1. The van der Waals surface area contributed by atoms with E-state index in [0.717, 1.165) is 68.7 Å². The van der Waals surface area contributed by atoms with Crippen LogP contribution in [0.1, 0.15) is 69.9 Å². The number of esters is 1. The maximum absolute atomic E-state index is 13.8. The number of hydrogen-bond donors (Lipinski definition) is 3. The van der Waals surface area contributed by atoms with Crippen molar-refractivity contribution >= 4 is 17.3 Å². The number of aliphatic hydroxyl groups is 1. The van der Waals surface area contributed by atoms with Gasteiger partial charge in [0.15, 0.2) is 5.72 Å². The van der Waals surface area contributed by atoms with Crippen LogP contribution in [-0.4, -0.2) is 94.9 Å². The number of nitrogens with one attached hydrogen (secondary N) is 2. The van der Waals surface area contributed by atoms with Gasteiger partial charge in [-0.25, -0.2) is 4.79 Å². The summed E-state index contributed by atoms with van der Waals surface area (Å²) in [6.07, 6.45) is 5.80. The molecule has 0 aromatic heterocycles. The van der Waals surface area contributed by atoms with Crippen molar-refractivity contribution in [2.45, 2.75) is 117 Å². The van der Waals surface area contributed by atoms with Crippen molar-refractivity contribution in [1.29, 1.82) is 0 Å². The smallest absolute Gasteiger partial charge is 0.335 e. The lowest BCUT2D eigenvalue weighted by Crippen LogP contribution is -2.76. The van der Waals surface area contributed by atoms with E-state index in [1.807, 2.05) is 6.07 Å². The summed E-state index contributed by atoms with van der Waals surface area (Å²) in [4.78, 5) is 19.2. The van der Waals surface area contributed by atoms with Crippen molar-refractivity contribution in [2.24, 2.45) is 11.3 Å². The molecule has 8 heterocycles. The van der Waals surface area contributed by atoms with Gasteiger partial charge in [-0.2, -0.15) is 0 Å². The van der Waals surface area contributed by atoms with Crippen molar-refractivity contribution in [3.05, 3.63) is 70.9 Å². The molecule has 0 radical (unpaired) electrons. The Morgan fingerprint density at radius 3 is 2.63 bits per heavy atom. The molecule has 2 aromatic carbocycles. The van der Waals surface area contributed by atoms with E-state index in [1.54, 1.807) is 0 Å². The fraction of sp³-hybridized carbons (Fsp3) is 0.625. The molecule has 0 amide bonds. The Kier molecular flexibility index (Phi) is 5.02. The number of carbonyl (C=O) groups is 1. The molecule has 9 nitrogen and oxygen atoms in total. The lowest BCUT2D eigenvalue weighted by Gasteiger charge is -2.64. The van der Waals surface area contributed by atoms with E-state index in [-0.39, 0.29) is 34.9 Å². The zero-order valence-corrected chi connectivity index (χ0v) is 28.6. The van der Waals surface area contributed by atoms with Gasteiger partial charge in [0.25, 0.3) is 0 Å². The summed E-state index contributed by atoms with van der Waals surface area (Å²) < 4.78 is 20.2. The van der Waals surface area contributed by atoms with Gasteiger partial charge >= 0.3 is 5.97 Å². The first-order valence-electron chi connectivity index (χ1n) is 18.9. The summed E-state index contributed by atoms with van der Waals surface area (Å²) in [5.41, 5.74) is 3.70. The summed E-state index contributed by atoms with van der Waals surface area (Å²) in [5, 5.41) is 20.9. The number of para-hydroxylation sites is 2. The molecule has 12 rings (SSSR count). The number of fused-ring (bicyclic) bond motifs is 7. The molecule has 3 N–H and O–H groups in total. The molecule has 12 atom stereocenters. The van der Waals surface area contributed by atoms with E-state index in [4.69, 9.17) is 14.2 Å². The third kappa shape index (κ3) is 2.72. The fourth-order valence-electron chi connectivity index (χ4n) is 15.0. The minimum Gasteiger partial charge on any atom is -0.466 e. The van der Waals surface area contributed by atoms with Crippen LogP contribution in [0.5, 0.6) is 0 Å². The second-order valence-corrected chi connectivity index (χ2v) is 17.3. The molecule has 2 aliphatic carbocycles. The van der Waals surface area contributed by atoms with Gasteiger partial charge in [-0.05, 0) is 68.3 Å². The summed E-state index contributed by atoms with van der Waals surface area (Å²) in [6.45, 7) is 7.63. The SMILES string of the molecule is CC[C@]12C[C@]34CC(C(=O)OC)=C5Nc6ccccc6[C@@]5(CCN3[C@H]1[C@@H]1C[C@@]3(CC)[C@@H]5O[C@@H]5CN5CC[C@@]6(c7ccccc7N[C@@]16O2)[C@@H]53)[C@H]4O. The van der Waals surface area contributed by atoms with Crippen molar-refractivity contribution in [1.82, 2.24) is 9.80 Å². The number of nitrogens with zero attached hydrogens (tertiary/aromatic N) is 2.